The number of aryl methyl sites for hydroxylation is 1. The van der Waals surface area contributed by atoms with Crippen LogP contribution in [0.4, 0.5) is 4.39 Å². The first-order valence-corrected chi connectivity index (χ1v) is 9.95. The minimum absolute atomic E-state index is 0.107. The SMILES string of the molecule is Cc1nnc(-c2cc(C(C)C)n(-c3cccc(C(=O)NCc4ccccc4F)c3)n2)o1. The Morgan fingerprint density at radius 1 is 1.13 bits per heavy atom. The Kier molecular flexibility index (Phi) is 5.62. The van der Waals surface area contributed by atoms with Crippen LogP contribution in [-0.4, -0.2) is 25.9 Å². The van der Waals surface area contributed by atoms with Gasteiger partial charge in [-0.2, -0.15) is 5.10 Å². The lowest BCUT2D eigenvalue weighted by Gasteiger charge is -2.11. The maximum absolute atomic E-state index is 13.8. The highest BCUT2D eigenvalue weighted by Crippen LogP contribution is 2.26. The topological polar surface area (TPSA) is 85.8 Å². The zero-order valence-electron chi connectivity index (χ0n) is 17.5. The van der Waals surface area contributed by atoms with E-state index in [1.165, 1.54) is 6.07 Å². The number of halogens is 1. The quantitative estimate of drug-likeness (QED) is 0.500. The molecule has 0 unspecified atom stereocenters. The molecule has 2 aromatic carbocycles. The Morgan fingerprint density at radius 2 is 1.94 bits per heavy atom. The second kappa shape index (κ2) is 8.51. The van der Waals surface area contributed by atoms with Gasteiger partial charge in [-0.1, -0.05) is 38.1 Å². The number of carbonyl (C=O) groups excluding carboxylic acids is 1. The number of nitrogens with zero attached hydrogens (tertiary/aromatic N) is 4. The molecule has 1 amide bonds. The summed E-state index contributed by atoms with van der Waals surface area (Å²) in [6.07, 6.45) is 0. The number of amides is 1. The van der Waals surface area contributed by atoms with Gasteiger partial charge in [-0.05, 0) is 36.2 Å². The molecule has 158 valence electrons. The summed E-state index contributed by atoms with van der Waals surface area (Å²) in [4.78, 5) is 12.7. The van der Waals surface area contributed by atoms with Gasteiger partial charge in [0.25, 0.3) is 11.8 Å². The van der Waals surface area contributed by atoms with E-state index in [4.69, 9.17) is 4.42 Å². The van der Waals surface area contributed by atoms with E-state index in [1.807, 2.05) is 12.1 Å². The molecule has 8 heteroatoms. The van der Waals surface area contributed by atoms with Crippen LogP contribution in [0.15, 0.2) is 59.0 Å². The summed E-state index contributed by atoms with van der Waals surface area (Å²) in [7, 11) is 0. The number of benzene rings is 2. The minimum Gasteiger partial charge on any atom is -0.420 e. The van der Waals surface area contributed by atoms with E-state index in [1.54, 1.807) is 48.0 Å². The van der Waals surface area contributed by atoms with Crippen molar-refractivity contribution in [3.05, 3.63) is 83.1 Å². The van der Waals surface area contributed by atoms with Gasteiger partial charge in [0.05, 0.1) is 5.69 Å². The lowest BCUT2D eigenvalue weighted by molar-refractivity contribution is 0.0950. The number of aromatic nitrogens is 4. The van der Waals surface area contributed by atoms with E-state index in [0.29, 0.717) is 28.6 Å². The molecule has 0 atom stereocenters. The number of carbonyl (C=O) groups is 1. The fourth-order valence-corrected chi connectivity index (χ4v) is 3.22. The number of rotatable bonds is 6. The maximum Gasteiger partial charge on any atom is 0.268 e. The smallest absolute Gasteiger partial charge is 0.268 e. The van der Waals surface area contributed by atoms with Gasteiger partial charge in [-0.25, -0.2) is 9.07 Å². The van der Waals surface area contributed by atoms with Gasteiger partial charge in [0.1, 0.15) is 11.5 Å². The van der Waals surface area contributed by atoms with Crippen molar-refractivity contribution in [2.24, 2.45) is 0 Å². The summed E-state index contributed by atoms with van der Waals surface area (Å²) >= 11 is 0. The molecule has 0 saturated carbocycles. The first-order valence-electron chi connectivity index (χ1n) is 9.95. The average Bonchev–Trinajstić information content (AvgIpc) is 3.40. The molecule has 4 rings (SSSR count). The highest BCUT2D eigenvalue weighted by molar-refractivity contribution is 5.94. The van der Waals surface area contributed by atoms with E-state index in [2.05, 4.69) is 34.5 Å². The Hall–Kier alpha value is -3.81. The second-order valence-electron chi connectivity index (χ2n) is 7.47. The molecular formula is C23H22FN5O2. The lowest BCUT2D eigenvalue weighted by Crippen LogP contribution is -2.23. The fourth-order valence-electron chi connectivity index (χ4n) is 3.22. The van der Waals surface area contributed by atoms with E-state index >= 15 is 0 Å². The molecule has 0 aliphatic rings. The third-order valence-electron chi connectivity index (χ3n) is 4.82. The van der Waals surface area contributed by atoms with Crippen LogP contribution in [0.1, 0.15) is 47.3 Å². The van der Waals surface area contributed by atoms with E-state index in [0.717, 1.165) is 11.4 Å². The summed E-state index contributed by atoms with van der Waals surface area (Å²) in [5, 5.41) is 15.3. The van der Waals surface area contributed by atoms with Gasteiger partial charge >= 0.3 is 0 Å². The zero-order valence-corrected chi connectivity index (χ0v) is 17.5. The number of hydrogen-bond acceptors (Lipinski definition) is 5. The van der Waals surface area contributed by atoms with Crippen molar-refractivity contribution in [1.82, 2.24) is 25.3 Å². The zero-order chi connectivity index (χ0) is 22.0. The van der Waals surface area contributed by atoms with Crippen LogP contribution in [0.5, 0.6) is 0 Å². The molecule has 0 spiro atoms. The minimum atomic E-state index is -0.349. The Morgan fingerprint density at radius 3 is 2.65 bits per heavy atom. The van der Waals surface area contributed by atoms with Crippen LogP contribution in [0, 0.1) is 12.7 Å². The fraction of sp³-hybridized carbons (Fsp3) is 0.217. The monoisotopic (exact) mass is 419 g/mol. The molecule has 0 bridgehead atoms. The van der Waals surface area contributed by atoms with Gasteiger partial charge in [-0.15, -0.1) is 10.2 Å². The first-order chi connectivity index (χ1) is 14.9. The molecule has 0 aliphatic carbocycles. The van der Waals surface area contributed by atoms with Crippen molar-refractivity contribution in [2.75, 3.05) is 0 Å². The van der Waals surface area contributed by atoms with Crippen molar-refractivity contribution in [1.29, 1.82) is 0 Å². The summed E-state index contributed by atoms with van der Waals surface area (Å²) in [5.74, 6) is 0.333. The molecule has 1 N–H and O–H groups in total. The van der Waals surface area contributed by atoms with Crippen molar-refractivity contribution >= 4 is 5.91 Å². The van der Waals surface area contributed by atoms with Gasteiger partial charge < -0.3 is 9.73 Å². The molecule has 0 radical (unpaired) electrons. The molecular weight excluding hydrogens is 397 g/mol. The van der Waals surface area contributed by atoms with Gasteiger partial charge in [0.2, 0.25) is 5.89 Å². The first kappa shape index (κ1) is 20.5. The summed E-state index contributed by atoms with van der Waals surface area (Å²) in [6.45, 7) is 5.94. The normalized spacial score (nSPS) is 11.1. The van der Waals surface area contributed by atoms with Gasteiger partial charge in [0.15, 0.2) is 0 Å². The van der Waals surface area contributed by atoms with E-state index < -0.39 is 0 Å². The highest BCUT2D eigenvalue weighted by Gasteiger charge is 2.18. The molecule has 2 aromatic heterocycles. The standard InChI is InChI=1S/C23H22FN5O2/c1-14(2)21-12-20(23-27-26-15(3)31-23)28-29(21)18-9-6-8-16(11-18)22(30)25-13-17-7-4-5-10-19(17)24/h4-12,14H,13H2,1-3H3,(H,25,30). The Balaban J connectivity index is 1.61. The maximum atomic E-state index is 13.8. The van der Waals surface area contributed by atoms with Crippen LogP contribution >= 0.6 is 0 Å². The second-order valence-corrected chi connectivity index (χ2v) is 7.47. The largest absolute Gasteiger partial charge is 0.420 e. The summed E-state index contributed by atoms with van der Waals surface area (Å²) < 4.78 is 21.1. The molecule has 0 aliphatic heterocycles. The van der Waals surface area contributed by atoms with Crippen LogP contribution < -0.4 is 5.32 Å². The molecule has 31 heavy (non-hydrogen) atoms. The molecule has 4 aromatic rings. The van der Waals surface area contributed by atoms with Crippen LogP contribution in [0.3, 0.4) is 0 Å². The van der Waals surface area contributed by atoms with E-state index in [9.17, 15) is 9.18 Å². The third kappa shape index (κ3) is 4.37. The highest BCUT2D eigenvalue weighted by atomic mass is 19.1. The van der Waals surface area contributed by atoms with Crippen molar-refractivity contribution in [2.45, 2.75) is 33.2 Å². The van der Waals surface area contributed by atoms with Gasteiger partial charge in [-0.3, -0.25) is 4.79 Å². The van der Waals surface area contributed by atoms with E-state index in [-0.39, 0.29) is 24.2 Å². The lowest BCUT2D eigenvalue weighted by atomic mass is 10.1. The Bertz CT molecular complexity index is 1230. The van der Waals surface area contributed by atoms with Crippen molar-refractivity contribution in [3.8, 4) is 17.3 Å². The van der Waals surface area contributed by atoms with Crippen LogP contribution in [0.25, 0.3) is 17.3 Å². The van der Waals surface area contributed by atoms with Crippen LogP contribution in [-0.2, 0) is 6.54 Å². The summed E-state index contributed by atoms with van der Waals surface area (Å²) in [6, 6.07) is 15.4. The van der Waals surface area contributed by atoms with Crippen molar-refractivity contribution in [3.63, 3.8) is 0 Å². The molecule has 0 saturated heterocycles. The van der Waals surface area contributed by atoms with Crippen LogP contribution in [0.2, 0.25) is 0 Å². The average molecular weight is 419 g/mol. The number of hydrogen-bond donors (Lipinski definition) is 1. The predicted octanol–water partition coefficient (Wildman–Crippen LogP) is 4.42. The number of nitrogens with one attached hydrogen (secondary N) is 1. The third-order valence-corrected chi connectivity index (χ3v) is 4.82. The summed E-state index contributed by atoms with van der Waals surface area (Å²) in [5.41, 5.74) is 3.12. The predicted molar refractivity (Wildman–Crippen MR) is 113 cm³/mol. The molecule has 2 heterocycles. The Labute approximate surface area is 178 Å². The van der Waals surface area contributed by atoms with Gasteiger partial charge in [0, 0.05) is 30.3 Å². The molecule has 7 nitrogen and oxygen atoms in total. The van der Waals surface area contributed by atoms with Crippen molar-refractivity contribution < 1.29 is 13.6 Å². The molecule has 0 fully saturated rings.